The molecule has 0 saturated carbocycles. The Hall–Kier alpha value is -3.09. The molecule has 0 spiro atoms. The van der Waals surface area contributed by atoms with Crippen molar-refractivity contribution in [3.05, 3.63) is 97.2 Å². The van der Waals surface area contributed by atoms with Gasteiger partial charge in [0, 0.05) is 6.42 Å². The molecule has 0 radical (unpaired) electrons. The molecular weight excluding hydrogens is 1130 g/mol. The number of rotatable bonds is 59. The number of aliphatic hydroxyl groups excluding tert-OH is 8. The van der Waals surface area contributed by atoms with Crippen molar-refractivity contribution >= 4 is 5.91 Å². The van der Waals surface area contributed by atoms with E-state index in [0.717, 1.165) is 77.0 Å². The van der Waals surface area contributed by atoms with Crippen LogP contribution in [0.2, 0.25) is 0 Å². The summed E-state index contributed by atoms with van der Waals surface area (Å²) in [5.74, 6) is -0.252. The monoisotopic (exact) mass is 1270 g/mol. The summed E-state index contributed by atoms with van der Waals surface area (Å²) >= 11 is 0. The average Bonchev–Trinajstić information content (AvgIpc) is 1.58. The highest BCUT2D eigenvalue weighted by Crippen LogP contribution is 2.30. The van der Waals surface area contributed by atoms with Crippen LogP contribution in [0, 0.1) is 0 Å². The van der Waals surface area contributed by atoms with Gasteiger partial charge in [0.1, 0.15) is 48.8 Å². The molecule has 0 aromatic heterocycles. The quantitative estimate of drug-likeness (QED) is 0.0204. The molecule has 0 bridgehead atoms. The van der Waals surface area contributed by atoms with Crippen LogP contribution in [0.3, 0.4) is 0 Å². The van der Waals surface area contributed by atoms with Gasteiger partial charge < -0.3 is 65.1 Å². The summed E-state index contributed by atoms with van der Waals surface area (Å²) in [6.45, 7) is 2.65. The minimum atomic E-state index is -1.79. The molecule has 12 atom stereocenters. The number of ether oxygens (including phenoxy) is 4. The molecule has 2 rings (SSSR count). The molecule has 14 heteroatoms. The van der Waals surface area contributed by atoms with Gasteiger partial charge in [0.25, 0.3) is 0 Å². The zero-order valence-electron chi connectivity index (χ0n) is 56.6. The summed E-state index contributed by atoms with van der Waals surface area (Å²) in [6, 6.07) is -0.940. The molecule has 0 aromatic carbocycles. The van der Waals surface area contributed by atoms with Gasteiger partial charge in [-0.1, -0.05) is 284 Å². The lowest BCUT2D eigenvalue weighted by Gasteiger charge is -2.46. The van der Waals surface area contributed by atoms with Gasteiger partial charge in [-0.2, -0.15) is 0 Å². The van der Waals surface area contributed by atoms with Crippen molar-refractivity contribution in [3.63, 3.8) is 0 Å². The number of aliphatic hydroxyl groups is 8. The first kappa shape index (κ1) is 83.0. The van der Waals surface area contributed by atoms with Gasteiger partial charge in [-0.25, -0.2) is 0 Å². The van der Waals surface area contributed by atoms with E-state index in [0.29, 0.717) is 12.8 Å². The summed E-state index contributed by atoms with van der Waals surface area (Å²) in [5.41, 5.74) is 0. The number of nitrogens with one attached hydrogen (secondary N) is 1. The van der Waals surface area contributed by atoms with E-state index in [1.54, 1.807) is 6.08 Å². The van der Waals surface area contributed by atoms with Gasteiger partial charge in [-0.3, -0.25) is 4.79 Å². The predicted molar refractivity (Wildman–Crippen MR) is 369 cm³/mol. The van der Waals surface area contributed by atoms with Crippen molar-refractivity contribution in [2.75, 3.05) is 19.8 Å². The molecular formula is C76H133NO13. The van der Waals surface area contributed by atoms with Crippen LogP contribution in [0.4, 0.5) is 0 Å². The van der Waals surface area contributed by atoms with Crippen LogP contribution in [0.25, 0.3) is 0 Å². The molecule has 1 amide bonds. The maximum Gasteiger partial charge on any atom is 0.220 e. The Balaban J connectivity index is 1.56. The smallest absolute Gasteiger partial charge is 0.220 e. The third-order valence-electron chi connectivity index (χ3n) is 17.2. The van der Waals surface area contributed by atoms with Crippen molar-refractivity contribution in [1.29, 1.82) is 0 Å². The summed E-state index contributed by atoms with van der Waals surface area (Å²) in [5, 5.41) is 87.3. The first-order valence-electron chi connectivity index (χ1n) is 36.5. The van der Waals surface area contributed by atoms with E-state index in [1.165, 1.54) is 173 Å². The first-order chi connectivity index (χ1) is 44.1. The van der Waals surface area contributed by atoms with Gasteiger partial charge in [-0.15, -0.1) is 0 Å². The second-order valence-electron chi connectivity index (χ2n) is 25.3. The van der Waals surface area contributed by atoms with Crippen LogP contribution in [0.1, 0.15) is 284 Å². The van der Waals surface area contributed by atoms with Crippen LogP contribution in [0.5, 0.6) is 0 Å². The van der Waals surface area contributed by atoms with Crippen molar-refractivity contribution in [2.24, 2.45) is 0 Å². The number of carbonyl (C=O) groups excluding carboxylic acids is 1. The summed E-state index contributed by atoms with van der Waals surface area (Å²) in [7, 11) is 0. The average molecular weight is 1270 g/mol. The van der Waals surface area contributed by atoms with E-state index in [2.05, 4.69) is 104 Å². The Morgan fingerprint density at radius 3 is 1.22 bits per heavy atom. The van der Waals surface area contributed by atoms with Crippen LogP contribution in [-0.4, -0.2) is 140 Å². The largest absolute Gasteiger partial charge is 0.394 e. The Bertz CT molecular complexity index is 1880. The number of allylic oxidation sites excluding steroid dienone is 15. The summed E-state index contributed by atoms with van der Waals surface area (Å²) in [4.78, 5) is 13.3. The van der Waals surface area contributed by atoms with Crippen LogP contribution in [-0.2, 0) is 23.7 Å². The molecule has 2 saturated heterocycles. The normalized spacial score (nSPS) is 23.5. The van der Waals surface area contributed by atoms with E-state index in [4.69, 9.17) is 18.9 Å². The van der Waals surface area contributed by atoms with Crippen molar-refractivity contribution in [3.8, 4) is 0 Å². The fourth-order valence-corrected chi connectivity index (χ4v) is 11.5. The van der Waals surface area contributed by atoms with Gasteiger partial charge in [-0.05, 0) is 89.9 Å². The minimum Gasteiger partial charge on any atom is -0.394 e. The van der Waals surface area contributed by atoms with Gasteiger partial charge in [0.15, 0.2) is 12.6 Å². The van der Waals surface area contributed by atoms with Crippen molar-refractivity contribution < 1.29 is 64.6 Å². The number of unbranched alkanes of at least 4 members (excludes halogenated alkanes) is 32. The Labute approximate surface area is 547 Å². The highest BCUT2D eigenvalue weighted by atomic mass is 16.7. The molecule has 12 unspecified atom stereocenters. The van der Waals surface area contributed by atoms with Crippen molar-refractivity contribution in [2.45, 2.75) is 357 Å². The Morgan fingerprint density at radius 1 is 0.411 bits per heavy atom. The molecule has 520 valence electrons. The van der Waals surface area contributed by atoms with Gasteiger partial charge in [0.2, 0.25) is 5.91 Å². The molecule has 2 fully saturated rings. The molecule has 9 N–H and O–H groups in total. The second kappa shape index (κ2) is 59.6. The molecule has 2 heterocycles. The Morgan fingerprint density at radius 2 is 0.778 bits per heavy atom. The predicted octanol–water partition coefficient (Wildman–Crippen LogP) is 15.3. The summed E-state index contributed by atoms with van der Waals surface area (Å²) < 4.78 is 22.8. The zero-order chi connectivity index (χ0) is 65.2. The Kier molecular flexibility index (Phi) is 55.0. The topological polar surface area (TPSA) is 228 Å². The molecule has 0 aliphatic carbocycles. The van der Waals surface area contributed by atoms with Gasteiger partial charge in [0.05, 0.1) is 32.0 Å². The number of hydrogen-bond acceptors (Lipinski definition) is 13. The lowest BCUT2D eigenvalue weighted by atomic mass is 9.97. The lowest BCUT2D eigenvalue weighted by Crippen LogP contribution is -2.65. The van der Waals surface area contributed by atoms with E-state index in [1.807, 2.05) is 6.08 Å². The third-order valence-corrected chi connectivity index (χ3v) is 17.2. The fourth-order valence-electron chi connectivity index (χ4n) is 11.5. The van der Waals surface area contributed by atoms with E-state index in [9.17, 15) is 45.6 Å². The zero-order valence-corrected chi connectivity index (χ0v) is 56.6. The molecule has 2 aliphatic heterocycles. The number of hydrogen-bond donors (Lipinski definition) is 9. The number of amides is 1. The molecule has 90 heavy (non-hydrogen) atoms. The highest BCUT2D eigenvalue weighted by Gasteiger charge is 2.51. The van der Waals surface area contributed by atoms with E-state index >= 15 is 0 Å². The van der Waals surface area contributed by atoms with Crippen LogP contribution >= 0.6 is 0 Å². The standard InChI is InChI=1S/C76H133NO13/c1-3-5-7-9-11-13-15-17-19-20-21-22-23-24-25-26-27-28-29-30-31-32-33-34-35-36-37-38-39-40-41-42-43-44-46-48-50-52-54-56-58-60-68(81)77-64(65(80)59-57-55-53-51-49-47-45-18-16-14-12-10-8-6-4-2)63-87-75-73(86)71(84)74(67(62-79)89-75)90-76-72(85)70(83)69(82)66(61-78)88-76/h5,7,11,13,16-19,21-22,24-25,49,51,57,59,64-67,69-76,78-80,82-86H,3-4,6,8-10,12,14-15,20,23,26-48,50,52-56,58,60-63H2,1-2H3,(H,77,81)/b7-5-,13-11-,18-16+,19-17-,22-21-,25-24-,51-49+,59-57+. The minimum absolute atomic E-state index is 0.252. The van der Waals surface area contributed by atoms with E-state index in [-0.39, 0.29) is 18.9 Å². The molecule has 2 aliphatic rings. The molecule has 0 aromatic rings. The summed E-state index contributed by atoms with van der Waals surface area (Å²) in [6.07, 6.45) is 67.8. The fraction of sp³-hybridized carbons (Fsp3) is 0.776. The van der Waals surface area contributed by atoms with Crippen molar-refractivity contribution in [1.82, 2.24) is 5.32 Å². The lowest BCUT2D eigenvalue weighted by molar-refractivity contribution is -0.359. The maximum absolute atomic E-state index is 13.3. The molecule has 14 nitrogen and oxygen atoms in total. The first-order valence-corrected chi connectivity index (χ1v) is 36.5. The third kappa shape index (κ3) is 43.0. The van der Waals surface area contributed by atoms with Gasteiger partial charge >= 0.3 is 0 Å². The maximum atomic E-state index is 13.3. The second-order valence-corrected chi connectivity index (χ2v) is 25.3. The highest BCUT2D eigenvalue weighted by molar-refractivity contribution is 5.76. The number of carbonyl (C=O) groups is 1. The SMILES string of the molecule is CC/C=C\C/C=C\C/C=C\C/C=C\C/C=C\CCCCCCCCCCCCCCCCCCCCCCCCCCCC(=O)NC(COC1OC(CO)C(OC2OC(CO)C(O)C(O)C2O)C(O)C1O)C(O)/C=C/CC/C=C/CC/C=C/CCCCCCC. The van der Waals surface area contributed by atoms with Crippen LogP contribution < -0.4 is 5.32 Å². The van der Waals surface area contributed by atoms with E-state index < -0.39 is 86.8 Å². The van der Waals surface area contributed by atoms with Crippen LogP contribution in [0.15, 0.2) is 97.2 Å².